The van der Waals surface area contributed by atoms with E-state index in [1.807, 2.05) is 18.2 Å². The van der Waals surface area contributed by atoms with Crippen molar-refractivity contribution in [2.24, 2.45) is 0 Å². The van der Waals surface area contributed by atoms with Gasteiger partial charge < -0.3 is 14.5 Å². The average Bonchev–Trinajstić information content (AvgIpc) is 2.79. The lowest BCUT2D eigenvalue weighted by atomic mass is 9.94. The molecule has 156 valence electrons. The number of aromatic amines is 1. The summed E-state index contributed by atoms with van der Waals surface area (Å²) < 4.78 is 10.8. The van der Waals surface area contributed by atoms with E-state index in [1.165, 1.54) is 0 Å². The second kappa shape index (κ2) is 9.04. The number of piperidine rings is 1. The van der Waals surface area contributed by atoms with Gasteiger partial charge in [0.2, 0.25) is 0 Å². The van der Waals surface area contributed by atoms with Crippen molar-refractivity contribution >= 4 is 0 Å². The number of rotatable bonds is 6. The number of hydrogen-bond donors (Lipinski definition) is 1. The molecule has 0 aliphatic carbocycles. The average molecular weight is 407 g/mol. The molecule has 1 unspecified atom stereocenters. The highest BCUT2D eigenvalue weighted by Gasteiger charge is 2.24. The first-order valence-corrected chi connectivity index (χ1v) is 9.96. The molecular weight excluding hydrogens is 382 g/mol. The van der Waals surface area contributed by atoms with Gasteiger partial charge in [0, 0.05) is 43.5 Å². The third-order valence-corrected chi connectivity index (χ3v) is 5.31. The number of nitrogens with zero attached hydrogens (tertiary/aromatic N) is 4. The Hall–Kier alpha value is -3.26. The monoisotopic (exact) mass is 407 g/mol. The van der Waals surface area contributed by atoms with Crippen LogP contribution in [0.25, 0.3) is 11.5 Å². The molecule has 3 aromatic rings. The van der Waals surface area contributed by atoms with Gasteiger partial charge in [-0.1, -0.05) is 0 Å². The quantitative estimate of drug-likeness (QED) is 0.671. The van der Waals surface area contributed by atoms with Gasteiger partial charge in [0.1, 0.15) is 17.2 Å². The van der Waals surface area contributed by atoms with E-state index in [4.69, 9.17) is 14.5 Å². The van der Waals surface area contributed by atoms with Gasteiger partial charge in [0.15, 0.2) is 5.82 Å². The van der Waals surface area contributed by atoms with E-state index in [0.29, 0.717) is 11.5 Å². The van der Waals surface area contributed by atoms with E-state index in [1.54, 1.807) is 38.9 Å². The van der Waals surface area contributed by atoms with Crippen molar-refractivity contribution in [1.29, 1.82) is 0 Å². The Bertz CT molecular complexity index is 1030. The van der Waals surface area contributed by atoms with Crippen LogP contribution in [0.2, 0.25) is 0 Å². The van der Waals surface area contributed by atoms with E-state index in [0.717, 1.165) is 55.2 Å². The fourth-order valence-corrected chi connectivity index (χ4v) is 3.88. The molecular formula is C22H25N5O3. The fraction of sp³-hybridized carbons (Fsp3) is 0.364. The molecule has 1 N–H and O–H groups in total. The predicted octanol–water partition coefficient (Wildman–Crippen LogP) is 2.62. The molecule has 3 heterocycles. The first kappa shape index (κ1) is 20.0. The second-order valence-corrected chi connectivity index (χ2v) is 7.40. The van der Waals surface area contributed by atoms with Crippen molar-refractivity contribution in [3.63, 3.8) is 0 Å². The van der Waals surface area contributed by atoms with Crippen LogP contribution >= 0.6 is 0 Å². The van der Waals surface area contributed by atoms with E-state index in [2.05, 4.69) is 19.9 Å². The smallest absolute Gasteiger partial charge is 0.251 e. The largest absolute Gasteiger partial charge is 0.497 e. The first-order chi connectivity index (χ1) is 14.6. The van der Waals surface area contributed by atoms with Crippen molar-refractivity contribution in [1.82, 2.24) is 24.8 Å². The molecule has 2 aromatic heterocycles. The molecule has 0 amide bonds. The fourth-order valence-electron chi connectivity index (χ4n) is 3.88. The summed E-state index contributed by atoms with van der Waals surface area (Å²) in [4.78, 5) is 30.4. The minimum Gasteiger partial charge on any atom is -0.497 e. The van der Waals surface area contributed by atoms with Gasteiger partial charge in [-0.15, -0.1) is 0 Å². The Balaban J connectivity index is 1.53. The molecule has 8 nitrogen and oxygen atoms in total. The van der Waals surface area contributed by atoms with E-state index in [-0.39, 0.29) is 11.5 Å². The zero-order valence-corrected chi connectivity index (χ0v) is 17.2. The number of benzene rings is 1. The maximum absolute atomic E-state index is 12.3. The molecule has 0 radical (unpaired) electrons. The molecule has 0 saturated carbocycles. The summed E-state index contributed by atoms with van der Waals surface area (Å²) in [7, 11) is 3.31. The van der Waals surface area contributed by atoms with Crippen molar-refractivity contribution in [2.75, 3.05) is 27.3 Å². The second-order valence-electron chi connectivity index (χ2n) is 7.40. The number of likely N-dealkylation sites (tertiary alicyclic amines) is 1. The molecule has 0 bridgehead atoms. The van der Waals surface area contributed by atoms with Gasteiger partial charge >= 0.3 is 0 Å². The highest BCUT2D eigenvalue weighted by atomic mass is 16.5. The SMILES string of the molecule is COc1cc(CN2CCCC(c3cc(=O)[nH]c(-c4cnccn4)n3)C2)cc(OC)c1. The van der Waals surface area contributed by atoms with Crippen LogP contribution < -0.4 is 15.0 Å². The number of methoxy groups -OCH3 is 2. The molecule has 1 aliphatic heterocycles. The van der Waals surface area contributed by atoms with Crippen molar-refractivity contribution in [3.8, 4) is 23.0 Å². The van der Waals surface area contributed by atoms with Gasteiger partial charge in [-0.3, -0.25) is 14.7 Å². The van der Waals surface area contributed by atoms with Crippen LogP contribution in [0.1, 0.15) is 30.0 Å². The lowest BCUT2D eigenvalue weighted by molar-refractivity contribution is 0.198. The van der Waals surface area contributed by atoms with Crippen molar-refractivity contribution in [3.05, 3.63) is 64.5 Å². The summed E-state index contributed by atoms with van der Waals surface area (Å²) in [5.74, 6) is 2.20. The van der Waals surface area contributed by atoms with Crippen molar-refractivity contribution < 1.29 is 9.47 Å². The lowest BCUT2D eigenvalue weighted by Crippen LogP contribution is -2.34. The van der Waals surface area contributed by atoms with Gasteiger partial charge in [0.05, 0.1) is 26.1 Å². The van der Waals surface area contributed by atoms with Crippen LogP contribution in [-0.4, -0.2) is 52.1 Å². The van der Waals surface area contributed by atoms with Gasteiger partial charge in [-0.05, 0) is 37.1 Å². The lowest BCUT2D eigenvalue weighted by Gasteiger charge is -2.32. The minimum atomic E-state index is -0.171. The normalized spacial score (nSPS) is 16.9. The third-order valence-electron chi connectivity index (χ3n) is 5.31. The molecule has 0 spiro atoms. The van der Waals surface area contributed by atoms with E-state index >= 15 is 0 Å². The number of nitrogens with one attached hydrogen (secondary N) is 1. The van der Waals surface area contributed by atoms with Crippen LogP contribution in [0.4, 0.5) is 0 Å². The van der Waals surface area contributed by atoms with Gasteiger partial charge in [0.25, 0.3) is 5.56 Å². The standard InChI is InChI=1S/C22H25N5O3/c1-29-17-8-15(9-18(10-17)30-2)13-27-7-3-4-16(14-27)19-11-21(28)26-22(25-19)20-12-23-5-6-24-20/h5-6,8-12,16H,3-4,7,13-14H2,1-2H3,(H,25,26,28). The molecule has 1 aromatic carbocycles. The molecule has 30 heavy (non-hydrogen) atoms. The third kappa shape index (κ3) is 4.65. The van der Waals surface area contributed by atoms with Crippen LogP contribution in [0.3, 0.4) is 0 Å². The highest BCUT2D eigenvalue weighted by Crippen LogP contribution is 2.29. The topological polar surface area (TPSA) is 93.2 Å². The molecule has 1 aliphatic rings. The molecule has 8 heteroatoms. The molecule has 1 fully saturated rings. The van der Waals surface area contributed by atoms with Crippen molar-refractivity contribution in [2.45, 2.75) is 25.3 Å². The Morgan fingerprint density at radius 3 is 2.63 bits per heavy atom. The molecule has 1 atom stereocenters. The maximum atomic E-state index is 12.3. The zero-order chi connectivity index (χ0) is 20.9. The molecule has 4 rings (SSSR count). The molecule has 1 saturated heterocycles. The summed E-state index contributed by atoms with van der Waals surface area (Å²) in [6.07, 6.45) is 6.82. The Labute approximate surface area is 174 Å². The summed E-state index contributed by atoms with van der Waals surface area (Å²) in [6, 6.07) is 7.53. The summed E-state index contributed by atoms with van der Waals surface area (Å²) in [5.41, 5.74) is 2.32. The summed E-state index contributed by atoms with van der Waals surface area (Å²) >= 11 is 0. The Kier molecular flexibility index (Phi) is 6.04. The van der Waals surface area contributed by atoms with Crippen LogP contribution in [0.5, 0.6) is 11.5 Å². The number of ether oxygens (including phenoxy) is 2. The number of hydrogen-bond acceptors (Lipinski definition) is 7. The summed E-state index contributed by atoms with van der Waals surface area (Å²) in [5, 5.41) is 0. The zero-order valence-electron chi connectivity index (χ0n) is 17.2. The van der Waals surface area contributed by atoms with Gasteiger partial charge in [-0.25, -0.2) is 9.97 Å². The van der Waals surface area contributed by atoms with Crippen LogP contribution in [-0.2, 0) is 6.54 Å². The Morgan fingerprint density at radius 1 is 1.13 bits per heavy atom. The summed E-state index contributed by atoms with van der Waals surface area (Å²) in [6.45, 7) is 2.61. The number of aromatic nitrogens is 4. The van der Waals surface area contributed by atoms with E-state index < -0.39 is 0 Å². The van der Waals surface area contributed by atoms with Gasteiger partial charge in [-0.2, -0.15) is 0 Å². The van der Waals surface area contributed by atoms with Crippen LogP contribution in [0.15, 0.2) is 47.7 Å². The minimum absolute atomic E-state index is 0.171. The first-order valence-electron chi connectivity index (χ1n) is 9.96. The highest BCUT2D eigenvalue weighted by molar-refractivity contribution is 5.46. The van der Waals surface area contributed by atoms with E-state index in [9.17, 15) is 4.79 Å². The predicted molar refractivity (Wildman–Crippen MR) is 113 cm³/mol. The van der Waals surface area contributed by atoms with Crippen LogP contribution in [0, 0.1) is 0 Å². The number of H-pyrrole nitrogens is 1. The Morgan fingerprint density at radius 2 is 1.93 bits per heavy atom. The maximum Gasteiger partial charge on any atom is 0.251 e.